The molecule has 1 aliphatic heterocycles. The molecule has 0 spiro atoms. The standard InChI is InChI=1S/C41H63N3O12Si/c1-11-28(45)22-54-35-20-27-19-31(37(35)55-24-52-14-15-57(8,9)10)30-17-26(12-13-34(30)53-23-29(46)21-43-40(50)56-41(3,4)5)18-32(39(49)51-7)44-38(48)25(2)16-33(47)36(27)42-6/h12-13,17,19-20,25,28-29,32,36,42,45-46H,11,14-16,18,21-24H2,1-10H3,(H,43,50)(H,44,48)/t25-,28-,29-,32+,36+/m1/s1. The summed E-state index contributed by atoms with van der Waals surface area (Å²) < 4.78 is 35.1. The van der Waals surface area contributed by atoms with Gasteiger partial charge in [-0.3, -0.25) is 9.59 Å². The lowest BCUT2D eigenvalue weighted by Gasteiger charge is -2.26. The Bertz CT molecular complexity index is 1680. The molecular weight excluding hydrogens is 755 g/mol. The van der Waals surface area contributed by atoms with Crippen LogP contribution in [0.3, 0.4) is 0 Å². The van der Waals surface area contributed by atoms with E-state index in [0.29, 0.717) is 35.3 Å². The number of carbonyl (C=O) groups excluding carboxylic acids is 4. The van der Waals surface area contributed by atoms with E-state index in [1.165, 1.54) is 7.11 Å². The maximum Gasteiger partial charge on any atom is 0.407 e. The number of aliphatic hydroxyl groups is 2. The van der Waals surface area contributed by atoms with Crippen LogP contribution in [0, 0.1) is 5.92 Å². The van der Waals surface area contributed by atoms with Crippen molar-refractivity contribution in [2.45, 2.75) is 109 Å². The van der Waals surface area contributed by atoms with Crippen LogP contribution >= 0.6 is 0 Å². The minimum atomic E-state index is -1.42. The van der Waals surface area contributed by atoms with E-state index in [-0.39, 0.29) is 62.4 Å². The topological polar surface area (TPSA) is 200 Å². The van der Waals surface area contributed by atoms with E-state index in [0.717, 1.165) is 6.04 Å². The molecule has 0 aromatic heterocycles. The van der Waals surface area contributed by atoms with Gasteiger partial charge in [0.25, 0.3) is 0 Å². The predicted octanol–water partition coefficient (Wildman–Crippen LogP) is 4.53. The van der Waals surface area contributed by atoms with Crippen molar-refractivity contribution in [3.05, 3.63) is 41.5 Å². The minimum absolute atomic E-state index is 0.0235. The quantitative estimate of drug-likeness (QED) is 0.0647. The number of ketones is 1. The molecule has 3 rings (SSSR count). The highest BCUT2D eigenvalue weighted by molar-refractivity contribution is 6.76. The third kappa shape index (κ3) is 15.2. The first-order valence-corrected chi connectivity index (χ1v) is 23.1. The maximum absolute atomic E-state index is 13.9. The number of fused-ring (bicyclic) bond motifs is 5. The number of methoxy groups -OCH3 is 1. The number of amides is 2. The van der Waals surface area contributed by atoms with Gasteiger partial charge in [0.1, 0.15) is 36.7 Å². The molecule has 2 aromatic carbocycles. The highest BCUT2D eigenvalue weighted by atomic mass is 28.3. The number of benzene rings is 2. The molecule has 16 heteroatoms. The Morgan fingerprint density at radius 2 is 1.65 bits per heavy atom. The van der Waals surface area contributed by atoms with Gasteiger partial charge in [-0.05, 0) is 75.7 Å². The average molecular weight is 818 g/mol. The van der Waals surface area contributed by atoms with E-state index in [4.69, 9.17) is 28.4 Å². The molecular formula is C41H63N3O12Si. The van der Waals surface area contributed by atoms with Gasteiger partial charge in [0.15, 0.2) is 24.1 Å². The monoisotopic (exact) mass is 817 g/mol. The molecule has 5 N–H and O–H groups in total. The molecule has 15 nitrogen and oxygen atoms in total. The van der Waals surface area contributed by atoms with Crippen molar-refractivity contribution in [1.82, 2.24) is 16.0 Å². The average Bonchev–Trinajstić information content (AvgIpc) is 3.13. The van der Waals surface area contributed by atoms with Gasteiger partial charge >= 0.3 is 12.1 Å². The van der Waals surface area contributed by atoms with Crippen molar-refractivity contribution >= 4 is 31.8 Å². The van der Waals surface area contributed by atoms with Gasteiger partial charge in [-0.15, -0.1) is 0 Å². The van der Waals surface area contributed by atoms with Crippen LogP contribution in [0.1, 0.15) is 64.6 Å². The number of hydrogen-bond acceptors (Lipinski definition) is 13. The summed E-state index contributed by atoms with van der Waals surface area (Å²) in [6.45, 7) is 15.2. The zero-order chi connectivity index (χ0) is 42.5. The Labute approximate surface area is 337 Å². The molecule has 0 aliphatic carbocycles. The lowest BCUT2D eigenvalue weighted by atomic mass is 9.90. The fourth-order valence-corrected chi connectivity index (χ4v) is 6.56. The van der Waals surface area contributed by atoms with Crippen LogP contribution in [-0.4, -0.2) is 113 Å². The lowest BCUT2D eigenvalue weighted by molar-refractivity contribution is -0.145. The van der Waals surface area contributed by atoms with Crippen LogP contribution in [0.25, 0.3) is 11.1 Å². The predicted molar refractivity (Wildman–Crippen MR) is 217 cm³/mol. The molecule has 2 aromatic rings. The number of carbonyl (C=O) groups is 4. The number of hydrogen-bond donors (Lipinski definition) is 5. The summed E-state index contributed by atoms with van der Waals surface area (Å²) in [4.78, 5) is 52.6. The highest BCUT2D eigenvalue weighted by Gasteiger charge is 2.31. The smallest absolute Gasteiger partial charge is 0.407 e. The van der Waals surface area contributed by atoms with Crippen LogP contribution in [0.4, 0.5) is 4.79 Å². The fraction of sp³-hybridized carbons (Fsp3) is 0.610. The largest absolute Gasteiger partial charge is 0.490 e. The zero-order valence-corrected chi connectivity index (χ0v) is 36.1. The summed E-state index contributed by atoms with van der Waals surface area (Å²) in [6, 6.07) is 7.49. The van der Waals surface area contributed by atoms with E-state index < -0.39 is 61.9 Å². The molecule has 5 atom stereocenters. The first-order chi connectivity index (χ1) is 26.7. The van der Waals surface area contributed by atoms with Crippen molar-refractivity contribution in [2.24, 2.45) is 5.92 Å². The second-order valence-electron chi connectivity index (χ2n) is 16.5. The van der Waals surface area contributed by atoms with Gasteiger partial charge in [0.05, 0.1) is 25.8 Å². The first kappa shape index (κ1) is 47.2. The fourth-order valence-electron chi connectivity index (χ4n) is 5.80. The number of likely N-dealkylation sites (N-methyl/N-ethyl adjacent to an activating group) is 1. The molecule has 0 unspecified atom stereocenters. The van der Waals surface area contributed by atoms with Gasteiger partial charge in [-0.2, -0.15) is 0 Å². The Balaban J connectivity index is 2.25. The van der Waals surface area contributed by atoms with Crippen molar-refractivity contribution in [3.8, 4) is 28.4 Å². The summed E-state index contributed by atoms with van der Waals surface area (Å²) >= 11 is 0. The number of rotatable bonds is 17. The minimum Gasteiger partial charge on any atom is -0.490 e. The zero-order valence-electron chi connectivity index (χ0n) is 35.1. The van der Waals surface area contributed by atoms with Gasteiger partial charge in [-0.25, -0.2) is 9.59 Å². The number of Topliss-reactive ketones (excluding diaryl/α,β-unsaturated/α-hetero) is 1. The second kappa shape index (κ2) is 21.5. The molecule has 0 radical (unpaired) electrons. The summed E-state index contributed by atoms with van der Waals surface area (Å²) in [5.74, 6) is -1.50. The van der Waals surface area contributed by atoms with Crippen LogP contribution in [0.2, 0.25) is 25.7 Å². The lowest BCUT2D eigenvalue weighted by Crippen LogP contribution is -2.45. The normalized spacial score (nSPS) is 18.7. The number of ether oxygens (including phenoxy) is 6. The van der Waals surface area contributed by atoms with E-state index >= 15 is 0 Å². The summed E-state index contributed by atoms with van der Waals surface area (Å²) in [5.41, 5.74) is 1.23. The number of nitrogens with one attached hydrogen (secondary N) is 3. The highest BCUT2D eigenvalue weighted by Crippen LogP contribution is 2.45. The van der Waals surface area contributed by atoms with Crippen LogP contribution in [-0.2, 0) is 35.0 Å². The van der Waals surface area contributed by atoms with Crippen molar-refractivity contribution in [3.63, 3.8) is 0 Å². The third-order valence-corrected chi connectivity index (χ3v) is 10.8. The number of esters is 1. The maximum atomic E-state index is 13.9. The Morgan fingerprint density at radius 1 is 0.965 bits per heavy atom. The number of aliphatic hydroxyl groups excluding tert-OH is 2. The van der Waals surface area contributed by atoms with Gasteiger partial charge < -0.3 is 54.6 Å². The molecule has 0 fully saturated rings. The Hall–Kier alpha value is -4.22. The van der Waals surface area contributed by atoms with Gasteiger partial charge in [0.2, 0.25) is 5.91 Å². The van der Waals surface area contributed by atoms with Crippen molar-refractivity contribution in [2.75, 3.05) is 47.3 Å². The van der Waals surface area contributed by atoms with E-state index in [9.17, 15) is 29.4 Å². The van der Waals surface area contributed by atoms with E-state index in [2.05, 4.69) is 35.6 Å². The van der Waals surface area contributed by atoms with Crippen molar-refractivity contribution < 1.29 is 57.8 Å². The molecule has 0 saturated carbocycles. The molecule has 1 aliphatic rings. The Kier molecular flexibility index (Phi) is 17.8. The Morgan fingerprint density at radius 3 is 2.28 bits per heavy atom. The second-order valence-corrected chi connectivity index (χ2v) is 22.1. The van der Waals surface area contributed by atoms with E-state index in [1.54, 1.807) is 65.1 Å². The summed E-state index contributed by atoms with van der Waals surface area (Å²) in [7, 11) is 1.44. The number of alkyl carbamates (subject to hydrolysis) is 1. The molecule has 1 heterocycles. The summed E-state index contributed by atoms with van der Waals surface area (Å²) in [6.07, 6.45) is -2.34. The third-order valence-electron chi connectivity index (χ3n) is 9.05. The van der Waals surface area contributed by atoms with Crippen LogP contribution < -0.4 is 30.2 Å². The van der Waals surface area contributed by atoms with Gasteiger partial charge in [-0.1, -0.05) is 39.6 Å². The molecule has 4 bridgehead atoms. The van der Waals surface area contributed by atoms with Crippen LogP contribution in [0.15, 0.2) is 30.3 Å². The SMILES string of the molecule is CC[C@@H](O)COc1cc2cc(c1OCOCC[Si](C)(C)C)-c1cc(ccc1OC[C@H](O)CNC(=O)OC(C)(C)C)C[C@@H](C(=O)OC)NC(=O)[C@H](C)CC(=O)[C@H]2NC. The van der Waals surface area contributed by atoms with Crippen molar-refractivity contribution in [1.29, 1.82) is 0 Å². The molecule has 57 heavy (non-hydrogen) atoms. The summed E-state index contributed by atoms with van der Waals surface area (Å²) in [5, 5.41) is 29.8. The van der Waals surface area contributed by atoms with Crippen LogP contribution in [0.5, 0.6) is 17.2 Å². The van der Waals surface area contributed by atoms with Gasteiger partial charge in [0, 0.05) is 44.6 Å². The first-order valence-electron chi connectivity index (χ1n) is 19.4. The molecule has 0 saturated heterocycles. The molecule has 2 amide bonds. The van der Waals surface area contributed by atoms with E-state index in [1.807, 2.05) is 6.92 Å². The molecule has 318 valence electrons.